The zero-order valence-electron chi connectivity index (χ0n) is 13.5. The summed E-state index contributed by atoms with van der Waals surface area (Å²) in [6.45, 7) is 11.3. The molecule has 0 saturated carbocycles. The maximum absolute atomic E-state index is 4.69. The summed E-state index contributed by atoms with van der Waals surface area (Å²) in [5.74, 6) is 0.921. The van der Waals surface area contributed by atoms with Crippen LogP contribution in [0, 0.1) is 0 Å². The highest BCUT2D eigenvalue weighted by Gasteiger charge is 2.20. The minimum absolute atomic E-state index is 0.464. The van der Waals surface area contributed by atoms with Gasteiger partial charge in [0.15, 0.2) is 5.96 Å². The molecule has 1 atom stereocenters. The average molecular weight is 288 g/mol. The molecule has 4 nitrogen and oxygen atoms in total. The molecule has 0 fully saturated rings. The van der Waals surface area contributed by atoms with Crippen LogP contribution in [0.15, 0.2) is 29.3 Å². The molecule has 1 heterocycles. The zero-order chi connectivity index (χ0) is 15.1. The summed E-state index contributed by atoms with van der Waals surface area (Å²) in [5.41, 5.74) is 2.98. The fourth-order valence-corrected chi connectivity index (χ4v) is 2.74. The first kappa shape index (κ1) is 15.8. The minimum atomic E-state index is 0.464. The number of benzene rings is 1. The second-order valence-electron chi connectivity index (χ2n) is 5.59. The summed E-state index contributed by atoms with van der Waals surface area (Å²) in [5, 5.41) is 6.56. The lowest BCUT2D eigenvalue weighted by molar-refractivity contribution is 0.195. The van der Waals surface area contributed by atoms with Gasteiger partial charge in [0, 0.05) is 32.2 Å². The van der Waals surface area contributed by atoms with Gasteiger partial charge in [0.2, 0.25) is 0 Å². The van der Waals surface area contributed by atoms with Crippen LogP contribution in [-0.2, 0) is 13.0 Å². The summed E-state index contributed by atoms with van der Waals surface area (Å²) >= 11 is 0. The van der Waals surface area contributed by atoms with E-state index in [0.29, 0.717) is 6.04 Å². The minimum Gasteiger partial charge on any atom is -0.357 e. The summed E-state index contributed by atoms with van der Waals surface area (Å²) in [7, 11) is 0. The second kappa shape index (κ2) is 8.03. The third kappa shape index (κ3) is 4.46. The van der Waals surface area contributed by atoms with Crippen molar-refractivity contribution in [2.24, 2.45) is 4.99 Å². The van der Waals surface area contributed by atoms with Crippen molar-refractivity contribution >= 4 is 5.96 Å². The molecule has 1 aliphatic heterocycles. The molecule has 116 valence electrons. The molecule has 1 aromatic rings. The molecule has 0 radical (unpaired) electrons. The molecule has 0 aromatic heterocycles. The first-order valence-electron chi connectivity index (χ1n) is 8.07. The molecule has 2 N–H and O–H groups in total. The molecule has 2 rings (SSSR count). The van der Waals surface area contributed by atoms with Gasteiger partial charge >= 0.3 is 0 Å². The fourth-order valence-electron chi connectivity index (χ4n) is 2.74. The van der Waals surface area contributed by atoms with E-state index in [1.807, 2.05) is 0 Å². The van der Waals surface area contributed by atoms with E-state index in [-0.39, 0.29) is 0 Å². The Morgan fingerprint density at radius 2 is 1.86 bits per heavy atom. The number of hydrogen-bond acceptors (Lipinski definition) is 2. The van der Waals surface area contributed by atoms with E-state index in [2.05, 4.69) is 65.6 Å². The first-order chi connectivity index (χ1) is 10.2. The average Bonchev–Trinajstić information content (AvgIpc) is 2.52. The lowest BCUT2D eigenvalue weighted by Crippen LogP contribution is -2.41. The van der Waals surface area contributed by atoms with Crippen molar-refractivity contribution < 1.29 is 0 Å². The monoisotopic (exact) mass is 288 g/mol. The van der Waals surface area contributed by atoms with Gasteiger partial charge in [-0.05, 0) is 38.3 Å². The van der Waals surface area contributed by atoms with Crippen LogP contribution in [0.1, 0.15) is 31.9 Å². The number of nitrogens with one attached hydrogen (secondary N) is 2. The van der Waals surface area contributed by atoms with Crippen LogP contribution in [0.3, 0.4) is 0 Å². The normalized spacial score (nSPS) is 16.0. The van der Waals surface area contributed by atoms with Gasteiger partial charge in [-0.3, -0.25) is 9.89 Å². The predicted molar refractivity (Wildman–Crippen MR) is 89.7 cm³/mol. The molecule has 0 aliphatic carbocycles. The Bertz CT molecular complexity index is 462. The molecule has 4 heteroatoms. The molecule has 1 aromatic carbocycles. The number of hydrogen-bond donors (Lipinski definition) is 2. The van der Waals surface area contributed by atoms with Crippen LogP contribution in [0.2, 0.25) is 0 Å². The van der Waals surface area contributed by atoms with Crippen LogP contribution in [0.25, 0.3) is 0 Å². The van der Waals surface area contributed by atoms with Crippen molar-refractivity contribution in [2.75, 3.05) is 26.2 Å². The summed E-state index contributed by atoms with van der Waals surface area (Å²) in [4.78, 5) is 7.22. The molecular formula is C17H28N4. The van der Waals surface area contributed by atoms with Gasteiger partial charge in [0.1, 0.15) is 0 Å². The van der Waals surface area contributed by atoms with E-state index >= 15 is 0 Å². The van der Waals surface area contributed by atoms with Gasteiger partial charge < -0.3 is 10.6 Å². The second-order valence-corrected chi connectivity index (χ2v) is 5.59. The molecule has 0 amide bonds. The van der Waals surface area contributed by atoms with Crippen molar-refractivity contribution in [1.82, 2.24) is 15.5 Å². The van der Waals surface area contributed by atoms with Crippen LogP contribution in [-0.4, -0.2) is 43.1 Å². The van der Waals surface area contributed by atoms with E-state index < -0.39 is 0 Å². The largest absolute Gasteiger partial charge is 0.357 e. The van der Waals surface area contributed by atoms with Crippen LogP contribution < -0.4 is 10.6 Å². The SMILES string of the molecule is CCNC(=NCC(C)N1CCc2ccccc2C1)NCC. The van der Waals surface area contributed by atoms with Crippen molar-refractivity contribution in [3.8, 4) is 0 Å². The number of nitrogens with zero attached hydrogens (tertiary/aromatic N) is 2. The number of rotatable bonds is 5. The topological polar surface area (TPSA) is 39.7 Å². The van der Waals surface area contributed by atoms with E-state index in [4.69, 9.17) is 0 Å². The lowest BCUT2D eigenvalue weighted by atomic mass is 9.99. The Morgan fingerprint density at radius 3 is 2.52 bits per heavy atom. The number of fused-ring (bicyclic) bond motifs is 1. The highest BCUT2D eigenvalue weighted by atomic mass is 15.2. The molecule has 0 spiro atoms. The molecule has 0 bridgehead atoms. The van der Waals surface area contributed by atoms with Gasteiger partial charge in [-0.25, -0.2) is 0 Å². The smallest absolute Gasteiger partial charge is 0.191 e. The van der Waals surface area contributed by atoms with Crippen LogP contribution in [0.5, 0.6) is 0 Å². The molecule has 1 aliphatic rings. The van der Waals surface area contributed by atoms with Crippen molar-refractivity contribution in [1.29, 1.82) is 0 Å². The lowest BCUT2D eigenvalue weighted by Gasteiger charge is -2.33. The third-order valence-corrected chi connectivity index (χ3v) is 3.99. The standard InChI is InChI=1S/C17H28N4/c1-4-18-17(19-5-2)20-12-14(3)21-11-10-15-8-6-7-9-16(15)13-21/h6-9,14H,4-5,10-13H2,1-3H3,(H2,18,19,20). The Balaban J connectivity index is 1.92. The Labute approximate surface area is 128 Å². The Hall–Kier alpha value is -1.55. The van der Waals surface area contributed by atoms with E-state index in [1.165, 1.54) is 11.1 Å². The molecule has 21 heavy (non-hydrogen) atoms. The van der Waals surface area contributed by atoms with Gasteiger partial charge in [-0.2, -0.15) is 0 Å². The van der Waals surface area contributed by atoms with Gasteiger partial charge in [-0.1, -0.05) is 24.3 Å². The third-order valence-electron chi connectivity index (χ3n) is 3.99. The maximum atomic E-state index is 4.69. The number of guanidine groups is 1. The molecule has 1 unspecified atom stereocenters. The predicted octanol–water partition coefficient (Wildman–Crippen LogP) is 2.01. The van der Waals surface area contributed by atoms with Crippen molar-refractivity contribution in [3.05, 3.63) is 35.4 Å². The van der Waals surface area contributed by atoms with Gasteiger partial charge in [0.25, 0.3) is 0 Å². The summed E-state index contributed by atoms with van der Waals surface area (Å²) < 4.78 is 0. The quantitative estimate of drug-likeness (QED) is 0.643. The summed E-state index contributed by atoms with van der Waals surface area (Å²) in [6.07, 6.45) is 1.15. The maximum Gasteiger partial charge on any atom is 0.191 e. The van der Waals surface area contributed by atoms with Gasteiger partial charge in [-0.15, -0.1) is 0 Å². The van der Waals surface area contributed by atoms with Crippen LogP contribution in [0.4, 0.5) is 0 Å². The molecular weight excluding hydrogens is 260 g/mol. The van der Waals surface area contributed by atoms with Gasteiger partial charge in [0.05, 0.1) is 6.54 Å². The first-order valence-corrected chi connectivity index (χ1v) is 8.07. The Morgan fingerprint density at radius 1 is 1.19 bits per heavy atom. The van der Waals surface area contributed by atoms with Crippen molar-refractivity contribution in [2.45, 2.75) is 39.8 Å². The highest BCUT2D eigenvalue weighted by Crippen LogP contribution is 2.20. The Kier molecular flexibility index (Phi) is 6.05. The fraction of sp³-hybridized carbons (Fsp3) is 0.588. The van der Waals surface area contributed by atoms with E-state index in [0.717, 1.165) is 45.1 Å². The molecule has 0 saturated heterocycles. The zero-order valence-corrected chi connectivity index (χ0v) is 13.5. The summed E-state index contributed by atoms with van der Waals surface area (Å²) in [6, 6.07) is 9.25. The van der Waals surface area contributed by atoms with E-state index in [1.54, 1.807) is 0 Å². The van der Waals surface area contributed by atoms with E-state index in [9.17, 15) is 0 Å². The number of aliphatic imine (C=N–C) groups is 1. The van der Waals surface area contributed by atoms with Crippen molar-refractivity contribution in [3.63, 3.8) is 0 Å². The van der Waals surface area contributed by atoms with Crippen LogP contribution >= 0.6 is 0 Å². The highest BCUT2D eigenvalue weighted by molar-refractivity contribution is 5.79.